The molecule has 2 aromatic rings. The number of carbonyl (C=O) groups excluding carboxylic acids is 1. The van der Waals surface area contributed by atoms with Crippen molar-refractivity contribution in [2.75, 3.05) is 7.11 Å². The Balaban J connectivity index is 1.72. The molecule has 0 radical (unpaired) electrons. The van der Waals surface area contributed by atoms with Crippen LogP contribution < -0.4 is 15.6 Å². The van der Waals surface area contributed by atoms with Gasteiger partial charge >= 0.3 is 0 Å². The third-order valence-electron chi connectivity index (χ3n) is 4.56. The summed E-state index contributed by atoms with van der Waals surface area (Å²) < 4.78 is 6.56. The zero-order valence-corrected chi connectivity index (χ0v) is 14.6. The summed E-state index contributed by atoms with van der Waals surface area (Å²) >= 11 is 0. The SMILES string of the molecule is COc1ccc(-c2ccc(=O)n(C[C@H](C)NC(=O)C3CCC3)n2)cc1. The van der Waals surface area contributed by atoms with Gasteiger partial charge in [-0.15, -0.1) is 0 Å². The van der Waals surface area contributed by atoms with Gasteiger partial charge in [0.05, 0.1) is 19.3 Å². The molecule has 25 heavy (non-hydrogen) atoms. The van der Waals surface area contributed by atoms with Gasteiger partial charge in [-0.1, -0.05) is 6.42 Å². The van der Waals surface area contributed by atoms with Gasteiger partial charge in [-0.3, -0.25) is 9.59 Å². The van der Waals surface area contributed by atoms with Crippen LogP contribution in [0.4, 0.5) is 0 Å². The molecule has 1 aliphatic carbocycles. The van der Waals surface area contributed by atoms with Crippen LogP contribution in [-0.2, 0) is 11.3 Å². The van der Waals surface area contributed by atoms with Crippen molar-refractivity contribution in [2.24, 2.45) is 5.92 Å². The van der Waals surface area contributed by atoms with E-state index in [0.717, 1.165) is 30.6 Å². The standard InChI is InChI=1S/C19H23N3O3/c1-13(20-19(24)15-4-3-5-15)12-22-18(23)11-10-17(21-22)14-6-8-16(25-2)9-7-14/h6-11,13,15H,3-5,12H2,1-2H3,(H,20,24)/t13-/m0/s1. The van der Waals surface area contributed by atoms with E-state index in [9.17, 15) is 9.59 Å². The van der Waals surface area contributed by atoms with Crippen molar-refractivity contribution in [3.05, 3.63) is 46.8 Å². The average Bonchev–Trinajstić information content (AvgIpc) is 2.55. The molecule has 1 aromatic heterocycles. The lowest BCUT2D eigenvalue weighted by molar-refractivity contribution is -0.128. The number of nitrogens with one attached hydrogen (secondary N) is 1. The number of amides is 1. The number of hydrogen-bond donors (Lipinski definition) is 1. The first-order chi connectivity index (χ1) is 12.1. The minimum Gasteiger partial charge on any atom is -0.497 e. The highest BCUT2D eigenvalue weighted by atomic mass is 16.5. The van der Waals surface area contributed by atoms with E-state index in [4.69, 9.17) is 4.74 Å². The zero-order valence-electron chi connectivity index (χ0n) is 14.6. The van der Waals surface area contributed by atoms with Gasteiger partial charge in [-0.25, -0.2) is 4.68 Å². The summed E-state index contributed by atoms with van der Waals surface area (Å²) in [4.78, 5) is 24.1. The first-order valence-corrected chi connectivity index (χ1v) is 8.60. The molecule has 132 valence electrons. The fourth-order valence-electron chi connectivity index (χ4n) is 2.83. The van der Waals surface area contributed by atoms with Gasteiger partial charge in [0, 0.05) is 23.6 Å². The monoisotopic (exact) mass is 341 g/mol. The van der Waals surface area contributed by atoms with Crippen LogP contribution in [0, 0.1) is 5.92 Å². The first-order valence-electron chi connectivity index (χ1n) is 8.60. The Morgan fingerprint density at radius 1 is 1.28 bits per heavy atom. The molecule has 0 unspecified atom stereocenters. The number of methoxy groups -OCH3 is 1. The molecule has 1 N–H and O–H groups in total. The fourth-order valence-corrected chi connectivity index (χ4v) is 2.83. The Kier molecular flexibility index (Phi) is 5.16. The van der Waals surface area contributed by atoms with E-state index in [1.54, 1.807) is 13.2 Å². The summed E-state index contributed by atoms with van der Waals surface area (Å²) in [5.74, 6) is 0.986. The second-order valence-electron chi connectivity index (χ2n) is 6.50. The summed E-state index contributed by atoms with van der Waals surface area (Å²) in [5, 5.41) is 7.41. The molecule has 1 heterocycles. The van der Waals surface area contributed by atoms with Gasteiger partial charge < -0.3 is 10.1 Å². The summed E-state index contributed by atoms with van der Waals surface area (Å²) in [7, 11) is 1.62. The van der Waals surface area contributed by atoms with Crippen molar-refractivity contribution in [2.45, 2.75) is 38.8 Å². The van der Waals surface area contributed by atoms with E-state index < -0.39 is 0 Å². The minimum atomic E-state index is -0.179. The normalized spacial score (nSPS) is 15.3. The highest BCUT2D eigenvalue weighted by Gasteiger charge is 2.26. The maximum absolute atomic E-state index is 12.1. The number of hydrogen-bond acceptors (Lipinski definition) is 4. The maximum atomic E-state index is 12.1. The summed E-state index contributed by atoms with van der Waals surface area (Å²) in [6, 6.07) is 10.6. The Hall–Kier alpha value is -2.63. The number of aromatic nitrogens is 2. The molecule has 0 spiro atoms. The second kappa shape index (κ2) is 7.51. The molecule has 3 rings (SSSR count). The van der Waals surface area contributed by atoms with Gasteiger partial charge in [0.15, 0.2) is 0 Å². The van der Waals surface area contributed by atoms with Crippen molar-refractivity contribution >= 4 is 5.91 Å². The molecule has 6 heteroatoms. The quantitative estimate of drug-likeness (QED) is 0.874. The molecule has 0 saturated heterocycles. The lowest BCUT2D eigenvalue weighted by atomic mass is 9.84. The van der Waals surface area contributed by atoms with Gasteiger partial charge in [0.25, 0.3) is 5.56 Å². The van der Waals surface area contributed by atoms with Crippen molar-refractivity contribution in [1.82, 2.24) is 15.1 Å². The highest BCUT2D eigenvalue weighted by molar-refractivity contribution is 5.79. The molecular formula is C19H23N3O3. The summed E-state index contributed by atoms with van der Waals surface area (Å²) in [5.41, 5.74) is 1.43. The van der Waals surface area contributed by atoms with E-state index >= 15 is 0 Å². The van der Waals surface area contributed by atoms with Crippen LogP contribution in [0.2, 0.25) is 0 Å². The molecule has 1 atom stereocenters. The molecule has 0 aliphatic heterocycles. The van der Waals surface area contributed by atoms with Crippen LogP contribution in [0.15, 0.2) is 41.2 Å². The number of nitrogens with zero attached hydrogens (tertiary/aromatic N) is 2. The molecule has 6 nitrogen and oxygen atoms in total. The number of ether oxygens (including phenoxy) is 1. The van der Waals surface area contributed by atoms with Crippen molar-refractivity contribution in [3.8, 4) is 17.0 Å². The summed E-state index contributed by atoms with van der Waals surface area (Å²) in [6.07, 6.45) is 3.05. The lowest BCUT2D eigenvalue weighted by Crippen LogP contribution is -2.43. The maximum Gasteiger partial charge on any atom is 0.266 e. The number of carbonyl (C=O) groups is 1. The molecule has 1 amide bonds. The predicted molar refractivity (Wildman–Crippen MR) is 95.4 cm³/mol. The largest absolute Gasteiger partial charge is 0.497 e. The Bertz CT molecular complexity index is 794. The Morgan fingerprint density at radius 2 is 2.00 bits per heavy atom. The Morgan fingerprint density at radius 3 is 2.60 bits per heavy atom. The van der Waals surface area contributed by atoms with Gasteiger partial charge in [-0.2, -0.15) is 5.10 Å². The van der Waals surface area contributed by atoms with Crippen molar-refractivity contribution in [3.63, 3.8) is 0 Å². The van der Waals surface area contributed by atoms with E-state index in [1.807, 2.05) is 31.2 Å². The second-order valence-corrected chi connectivity index (χ2v) is 6.50. The first kappa shape index (κ1) is 17.2. The topological polar surface area (TPSA) is 73.2 Å². The molecule has 1 aliphatic rings. The number of rotatable bonds is 6. The van der Waals surface area contributed by atoms with Crippen LogP contribution in [-0.4, -0.2) is 28.8 Å². The third kappa shape index (κ3) is 4.07. The highest BCUT2D eigenvalue weighted by Crippen LogP contribution is 2.26. The smallest absolute Gasteiger partial charge is 0.266 e. The van der Waals surface area contributed by atoms with Crippen LogP contribution in [0.5, 0.6) is 5.75 Å². The molecule has 1 saturated carbocycles. The zero-order chi connectivity index (χ0) is 17.8. The van der Waals surface area contributed by atoms with Gasteiger partial charge in [-0.05, 0) is 50.1 Å². The van der Waals surface area contributed by atoms with E-state index in [-0.39, 0.29) is 23.4 Å². The van der Waals surface area contributed by atoms with Crippen LogP contribution in [0.1, 0.15) is 26.2 Å². The van der Waals surface area contributed by atoms with Crippen LogP contribution in [0.25, 0.3) is 11.3 Å². The fraction of sp³-hybridized carbons (Fsp3) is 0.421. The molecule has 1 aromatic carbocycles. The van der Waals surface area contributed by atoms with E-state index in [1.165, 1.54) is 10.7 Å². The van der Waals surface area contributed by atoms with E-state index in [2.05, 4.69) is 10.4 Å². The van der Waals surface area contributed by atoms with Crippen LogP contribution in [0.3, 0.4) is 0 Å². The van der Waals surface area contributed by atoms with Crippen LogP contribution >= 0.6 is 0 Å². The average molecular weight is 341 g/mol. The van der Waals surface area contributed by atoms with Gasteiger partial charge in [0.1, 0.15) is 5.75 Å². The third-order valence-corrected chi connectivity index (χ3v) is 4.56. The summed E-state index contributed by atoms with van der Waals surface area (Å²) in [6.45, 7) is 2.24. The molecule has 0 bridgehead atoms. The van der Waals surface area contributed by atoms with Gasteiger partial charge in [0.2, 0.25) is 5.91 Å². The number of benzene rings is 1. The Labute approximate surface area is 146 Å². The van der Waals surface area contributed by atoms with E-state index in [0.29, 0.717) is 12.2 Å². The van der Waals surface area contributed by atoms with Crippen molar-refractivity contribution < 1.29 is 9.53 Å². The molecule has 1 fully saturated rings. The lowest BCUT2D eigenvalue weighted by Gasteiger charge is -2.26. The minimum absolute atomic E-state index is 0.0816. The molecular weight excluding hydrogens is 318 g/mol. The van der Waals surface area contributed by atoms with Crippen molar-refractivity contribution in [1.29, 1.82) is 0 Å². The predicted octanol–water partition coefficient (Wildman–Crippen LogP) is 2.22.